The molecule has 1 rings (SSSR count). The van der Waals surface area contributed by atoms with Crippen molar-refractivity contribution in [3.8, 4) is 11.5 Å². The van der Waals surface area contributed by atoms with Crippen molar-refractivity contribution in [3.05, 3.63) is 22.7 Å². The van der Waals surface area contributed by atoms with Gasteiger partial charge in [-0.15, -0.1) is 0 Å². The summed E-state index contributed by atoms with van der Waals surface area (Å²) in [4.78, 5) is 11.7. The maximum atomic E-state index is 11.7. The lowest BCUT2D eigenvalue weighted by atomic mass is 9.80. The normalized spacial score (nSPS) is 12.7. The molecule has 0 saturated heterocycles. The van der Waals surface area contributed by atoms with Gasteiger partial charge in [-0.1, -0.05) is 17.7 Å². The van der Waals surface area contributed by atoms with Gasteiger partial charge < -0.3 is 19.9 Å². The van der Waals surface area contributed by atoms with Crippen LogP contribution in [-0.2, 0) is 9.53 Å². The summed E-state index contributed by atoms with van der Waals surface area (Å²) >= 11 is 6.41. The number of methoxy groups -OCH3 is 3. The molecule has 1 aromatic carbocycles. The van der Waals surface area contributed by atoms with Gasteiger partial charge in [0.1, 0.15) is 0 Å². The largest absolute Gasteiger partial charge is 0.493 e. The number of benzene rings is 1. The summed E-state index contributed by atoms with van der Waals surface area (Å²) in [6.45, 7) is 3.68. The number of nitrogens with two attached hydrogens (primary N) is 1. The molecule has 2 N–H and O–H groups in total. The third-order valence-corrected chi connectivity index (χ3v) is 3.78. The average Bonchev–Trinajstić information content (AvgIpc) is 2.43. The zero-order valence-electron chi connectivity index (χ0n) is 13.0. The van der Waals surface area contributed by atoms with Crippen LogP contribution in [0, 0.1) is 0 Å². The zero-order chi connectivity index (χ0) is 16.2. The Morgan fingerprint density at radius 1 is 1.29 bits per heavy atom. The van der Waals surface area contributed by atoms with Crippen LogP contribution in [0.25, 0.3) is 0 Å². The Labute approximate surface area is 130 Å². The molecular weight excluding hydrogens is 294 g/mol. The van der Waals surface area contributed by atoms with Crippen LogP contribution in [0.5, 0.6) is 11.5 Å². The first-order valence-electron chi connectivity index (χ1n) is 6.52. The van der Waals surface area contributed by atoms with Gasteiger partial charge in [0.15, 0.2) is 11.5 Å². The van der Waals surface area contributed by atoms with Crippen LogP contribution in [0.2, 0.25) is 5.02 Å². The fraction of sp³-hybridized carbons (Fsp3) is 0.533. The quantitative estimate of drug-likeness (QED) is 0.817. The van der Waals surface area contributed by atoms with Gasteiger partial charge in [0, 0.05) is 11.5 Å². The molecule has 1 unspecified atom stereocenters. The molecule has 0 heterocycles. The summed E-state index contributed by atoms with van der Waals surface area (Å²) in [5.74, 6) is 0.301. The van der Waals surface area contributed by atoms with E-state index in [4.69, 9.17) is 31.5 Å². The fourth-order valence-electron chi connectivity index (χ4n) is 2.20. The minimum atomic E-state index is -0.655. The molecule has 0 fully saturated rings. The summed E-state index contributed by atoms with van der Waals surface area (Å²) in [6.07, 6.45) is 0.134. The third-order valence-electron chi connectivity index (χ3n) is 3.39. The number of rotatable bonds is 6. The van der Waals surface area contributed by atoms with Gasteiger partial charge in [-0.3, -0.25) is 4.79 Å². The Balaban J connectivity index is 3.35. The maximum Gasteiger partial charge on any atom is 0.306 e. The van der Waals surface area contributed by atoms with E-state index in [1.165, 1.54) is 21.3 Å². The van der Waals surface area contributed by atoms with Gasteiger partial charge in [0.05, 0.1) is 32.8 Å². The third kappa shape index (κ3) is 4.02. The molecule has 0 bridgehead atoms. The highest BCUT2D eigenvalue weighted by Crippen LogP contribution is 2.43. The minimum Gasteiger partial charge on any atom is -0.493 e. The lowest BCUT2D eigenvalue weighted by Crippen LogP contribution is -2.40. The minimum absolute atomic E-state index is 0.134. The zero-order valence-corrected chi connectivity index (χ0v) is 13.8. The molecule has 0 radical (unpaired) electrons. The molecule has 0 amide bonds. The van der Waals surface area contributed by atoms with Crippen molar-refractivity contribution in [1.29, 1.82) is 0 Å². The second-order valence-electron chi connectivity index (χ2n) is 5.36. The molecular formula is C15H22ClNO4. The lowest BCUT2D eigenvalue weighted by molar-refractivity contribution is -0.141. The predicted molar refractivity (Wildman–Crippen MR) is 82.2 cm³/mol. The van der Waals surface area contributed by atoms with E-state index in [1.54, 1.807) is 12.1 Å². The molecule has 118 valence electrons. The molecule has 1 atom stereocenters. The Morgan fingerprint density at radius 3 is 2.33 bits per heavy atom. The summed E-state index contributed by atoms with van der Waals surface area (Å²) in [7, 11) is 4.39. The Morgan fingerprint density at radius 2 is 1.90 bits per heavy atom. The van der Waals surface area contributed by atoms with E-state index in [0.29, 0.717) is 16.5 Å². The summed E-state index contributed by atoms with van der Waals surface area (Å²) in [5, 5.41) is 0.393. The van der Waals surface area contributed by atoms with Crippen molar-refractivity contribution < 1.29 is 19.0 Å². The molecule has 0 aliphatic rings. The highest BCUT2D eigenvalue weighted by Gasteiger charge is 2.32. The van der Waals surface area contributed by atoms with Crippen molar-refractivity contribution in [2.24, 2.45) is 5.73 Å². The van der Waals surface area contributed by atoms with Crippen molar-refractivity contribution >= 4 is 17.6 Å². The summed E-state index contributed by atoms with van der Waals surface area (Å²) in [5.41, 5.74) is 6.28. The number of hydrogen-bond acceptors (Lipinski definition) is 5. The van der Waals surface area contributed by atoms with E-state index in [-0.39, 0.29) is 18.3 Å². The van der Waals surface area contributed by atoms with Crippen LogP contribution in [0.3, 0.4) is 0 Å². The van der Waals surface area contributed by atoms with Crippen LogP contribution in [0.4, 0.5) is 0 Å². The van der Waals surface area contributed by atoms with Crippen LogP contribution < -0.4 is 15.2 Å². The first-order valence-corrected chi connectivity index (χ1v) is 6.90. The Hall–Kier alpha value is -1.46. The standard InChI is InChI=1S/C15H22ClNO4/c1-15(2,17)10(8-12(18)20-4)9-6-7-11(19-3)14(21-5)13(9)16/h6-7,10H,8,17H2,1-5H3. The number of ether oxygens (including phenoxy) is 3. The van der Waals surface area contributed by atoms with Crippen LogP contribution >= 0.6 is 11.6 Å². The van der Waals surface area contributed by atoms with E-state index in [1.807, 2.05) is 13.8 Å². The number of carbonyl (C=O) groups excluding carboxylic acids is 1. The second-order valence-corrected chi connectivity index (χ2v) is 5.74. The van der Waals surface area contributed by atoms with Gasteiger partial charge >= 0.3 is 5.97 Å². The SMILES string of the molecule is COC(=O)CC(c1ccc(OC)c(OC)c1Cl)C(C)(C)N. The van der Waals surface area contributed by atoms with E-state index < -0.39 is 5.54 Å². The van der Waals surface area contributed by atoms with Gasteiger partial charge in [-0.05, 0) is 25.5 Å². The topological polar surface area (TPSA) is 70.8 Å². The molecule has 0 aliphatic heterocycles. The van der Waals surface area contributed by atoms with Crippen molar-refractivity contribution in [2.45, 2.75) is 31.7 Å². The molecule has 0 saturated carbocycles. The Bertz CT molecular complexity index is 511. The molecule has 5 nitrogen and oxygen atoms in total. The van der Waals surface area contributed by atoms with Gasteiger partial charge in [0.2, 0.25) is 0 Å². The van der Waals surface area contributed by atoms with Crippen LogP contribution in [0.1, 0.15) is 31.7 Å². The first-order chi connectivity index (χ1) is 9.76. The molecule has 1 aromatic rings. The predicted octanol–water partition coefficient (Wildman–Crippen LogP) is 2.74. The smallest absolute Gasteiger partial charge is 0.306 e. The van der Waals surface area contributed by atoms with E-state index in [2.05, 4.69) is 0 Å². The van der Waals surface area contributed by atoms with Crippen LogP contribution in [0.15, 0.2) is 12.1 Å². The monoisotopic (exact) mass is 315 g/mol. The summed E-state index contributed by atoms with van der Waals surface area (Å²) in [6, 6.07) is 3.54. The molecule has 0 spiro atoms. The van der Waals surface area contributed by atoms with Gasteiger partial charge in [-0.2, -0.15) is 0 Å². The molecule has 21 heavy (non-hydrogen) atoms. The van der Waals surface area contributed by atoms with Crippen molar-refractivity contribution in [2.75, 3.05) is 21.3 Å². The highest BCUT2D eigenvalue weighted by atomic mass is 35.5. The number of esters is 1. The number of carbonyl (C=O) groups is 1. The first kappa shape index (κ1) is 17.6. The average molecular weight is 316 g/mol. The maximum absolute atomic E-state index is 11.7. The molecule has 6 heteroatoms. The lowest BCUT2D eigenvalue weighted by Gasteiger charge is -2.31. The van der Waals surface area contributed by atoms with Gasteiger partial charge in [-0.25, -0.2) is 0 Å². The van der Waals surface area contributed by atoms with E-state index >= 15 is 0 Å². The summed E-state index contributed by atoms with van der Waals surface area (Å²) < 4.78 is 15.2. The van der Waals surface area contributed by atoms with E-state index in [9.17, 15) is 4.79 Å². The molecule has 0 aromatic heterocycles. The van der Waals surface area contributed by atoms with Gasteiger partial charge in [0.25, 0.3) is 0 Å². The van der Waals surface area contributed by atoms with E-state index in [0.717, 1.165) is 5.56 Å². The molecule has 0 aliphatic carbocycles. The fourth-order valence-corrected chi connectivity index (χ4v) is 2.56. The highest BCUT2D eigenvalue weighted by molar-refractivity contribution is 6.33. The second kappa shape index (κ2) is 7.00. The number of halogens is 1. The van der Waals surface area contributed by atoms with Crippen molar-refractivity contribution in [3.63, 3.8) is 0 Å². The van der Waals surface area contributed by atoms with Crippen LogP contribution in [-0.4, -0.2) is 32.8 Å². The number of hydrogen-bond donors (Lipinski definition) is 1. The Kier molecular flexibility index (Phi) is 5.87. The van der Waals surface area contributed by atoms with Crippen molar-refractivity contribution in [1.82, 2.24) is 0 Å².